The third-order valence-corrected chi connectivity index (χ3v) is 5.31. The van der Waals surface area contributed by atoms with Gasteiger partial charge in [-0.3, -0.25) is 14.4 Å². The van der Waals surface area contributed by atoms with Crippen LogP contribution in [0.1, 0.15) is 35.4 Å². The fourth-order valence-corrected chi connectivity index (χ4v) is 3.31. The SMILES string of the molecule is Cc1nnc(NC(=O)CCCC(=O)OCC(=O)Nc2cc(C)c(Br)cc2C)s1. The maximum atomic E-state index is 12.0. The van der Waals surface area contributed by atoms with E-state index in [-0.39, 0.29) is 25.4 Å². The van der Waals surface area contributed by atoms with Crippen LogP contribution in [0.4, 0.5) is 10.8 Å². The van der Waals surface area contributed by atoms with Crippen molar-refractivity contribution >= 4 is 55.9 Å². The van der Waals surface area contributed by atoms with Crippen LogP contribution in [0.5, 0.6) is 0 Å². The molecular weight excluding hydrogens is 448 g/mol. The minimum atomic E-state index is -0.529. The summed E-state index contributed by atoms with van der Waals surface area (Å²) in [5.74, 6) is -1.19. The standard InChI is InChI=1S/C18H21BrN4O4S/c1-10-8-14(11(2)7-13(10)19)20-16(25)9-27-17(26)6-4-5-15(24)21-18-23-22-12(3)28-18/h7-8H,4-6,9H2,1-3H3,(H,20,25)(H,21,23,24). The Morgan fingerprint density at radius 3 is 2.46 bits per heavy atom. The molecule has 2 amide bonds. The Kier molecular flexibility index (Phi) is 8.06. The maximum absolute atomic E-state index is 12.0. The molecule has 0 aliphatic heterocycles. The molecular formula is C18H21BrN4O4S. The first-order valence-corrected chi connectivity index (χ1v) is 10.2. The minimum Gasteiger partial charge on any atom is -0.456 e. The molecule has 0 bridgehead atoms. The topological polar surface area (TPSA) is 110 Å². The number of rotatable bonds is 8. The van der Waals surface area contributed by atoms with E-state index in [1.165, 1.54) is 11.3 Å². The summed E-state index contributed by atoms with van der Waals surface area (Å²) in [6.07, 6.45) is 0.513. The second-order valence-corrected chi connectivity index (χ2v) is 8.19. The van der Waals surface area contributed by atoms with Crippen molar-refractivity contribution in [2.45, 2.75) is 40.0 Å². The third kappa shape index (κ3) is 7.01. The normalized spacial score (nSPS) is 10.4. The van der Waals surface area contributed by atoms with Gasteiger partial charge in [0.25, 0.3) is 5.91 Å². The highest BCUT2D eigenvalue weighted by Crippen LogP contribution is 2.24. The Hall–Kier alpha value is -2.33. The third-order valence-electron chi connectivity index (χ3n) is 3.70. The molecule has 0 spiro atoms. The summed E-state index contributed by atoms with van der Waals surface area (Å²) in [6.45, 7) is 5.21. The van der Waals surface area contributed by atoms with Crippen LogP contribution in [0.25, 0.3) is 0 Å². The van der Waals surface area contributed by atoms with Gasteiger partial charge in [-0.1, -0.05) is 27.3 Å². The number of anilines is 2. The molecule has 0 unspecified atom stereocenters. The highest BCUT2D eigenvalue weighted by atomic mass is 79.9. The lowest BCUT2D eigenvalue weighted by molar-refractivity contribution is -0.147. The fourth-order valence-electron chi connectivity index (χ4n) is 2.24. The summed E-state index contributed by atoms with van der Waals surface area (Å²) >= 11 is 4.71. The van der Waals surface area contributed by atoms with Gasteiger partial charge in [-0.15, -0.1) is 10.2 Å². The van der Waals surface area contributed by atoms with Crippen LogP contribution in [0.2, 0.25) is 0 Å². The number of aromatic nitrogens is 2. The van der Waals surface area contributed by atoms with E-state index in [9.17, 15) is 14.4 Å². The quantitative estimate of drug-likeness (QED) is 0.573. The van der Waals surface area contributed by atoms with E-state index in [0.29, 0.717) is 17.2 Å². The first kappa shape index (κ1) is 22.0. The van der Waals surface area contributed by atoms with Crippen LogP contribution in [-0.4, -0.2) is 34.6 Å². The van der Waals surface area contributed by atoms with Gasteiger partial charge in [0, 0.05) is 23.0 Å². The molecule has 1 aromatic heterocycles. The van der Waals surface area contributed by atoms with Crippen molar-refractivity contribution in [1.82, 2.24) is 10.2 Å². The van der Waals surface area contributed by atoms with E-state index >= 15 is 0 Å². The lowest BCUT2D eigenvalue weighted by Gasteiger charge is -2.11. The first-order chi connectivity index (χ1) is 13.2. The highest BCUT2D eigenvalue weighted by molar-refractivity contribution is 9.10. The van der Waals surface area contributed by atoms with Crippen molar-refractivity contribution < 1.29 is 19.1 Å². The van der Waals surface area contributed by atoms with Gasteiger partial charge in [0.1, 0.15) is 5.01 Å². The summed E-state index contributed by atoms with van der Waals surface area (Å²) in [6, 6.07) is 3.75. The van der Waals surface area contributed by atoms with Crippen LogP contribution in [0.15, 0.2) is 16.6 Å². The molecule has 0 radical (unpaired) electrons. The van der Waals surface area contributed by atoms with Gasteiger partial charge in [0.2, 0.25) is 11.0 Å². The van der Waals surface area contributed by atoms with Gasteiger partial charge >= 0.3 is 5.97 Å². The number of esters is 1. The van der Waals surface area contributed by atoms with Gasteiger partial charge in [-0.05, 0) is 50.5 Å². The predicted molar refractivity (Wildman–Crippen MR) is 110 cm³/mol. The second-order valence-electron chi connectivity index (χ2n) is 6.15. The summed E-state index contributed by atoms with van der Waals surface area (Å²) < 4.78 is 5.92. The van der Waals surface area contributed by atoms with E-state index < -0.39 is 11.9 Å². The van der Waals surface area contributed by atoms with Crippen molar-refractivity contribution in [1.29, 1.82) is 0 Å². The molecule has 2 N–H and O–H groups in total. The molecule has 0 saturated heterocycles. The molecule has 1 aromatic carbocycles. The maximum Gasteiger partial charge on any atom is 0.306 e. The number of nitrogens with one attached hydrogen (secondary N) is 2. The van der Waals surface area contributed by atoms with Crippen molar-refractivity contribution in [3.05, 3.63) is 32.7 Å². The van der Waals surface area contributed by atoms with Crippen LogP contribution in [0.3, 0.4) is 0 Å². The zero-order valence-corrected chi connectivity index (χ0v) is 18.2. The van der Waals surface area contributed by atoms with Crippen molar-refractivity contribution in [3.8, 4) is 0 Å². The van der Waals surface area contributed by atoms with E-state index in [1.807, 2.05) is 26.0 Å². The molecule has 0 saturated carbocycles. The molecule has 0 fully saturated rings. The first-order valence-electron chi connectivity index (χ1n) is 8.56. The number of carbonyl (C=O) groups is 3. The Morgan fingerprint density at radius 2 is 1.79 bits per heavy atom. The minimum absolute atomic E-state index is 0.0479. The molecule has 150 valence electrons. The Bertz CT molecular complexity index is 884. The summed E-state index contributed by atoms with van der Waals surface area (Å²) in [7, 11) is 0. The van der Waals surface area contributed by atoms with Gasteiger partial charge in [0.15, 0.2) is 6.61 Å². The van der Waals surface area contributed by atoms with Crippen molar-refractivity contribution in [3.63, 3.8) is 0 Å². The van der Waals surface area contributed by atoms with Crippen molar-refractivity contribution in [2.75, 3.05) is 17.2 Å². The largest absolute Gasteiger partial charge is 0.456 e. The Morgan fingerprint density at radius 1 is 1.04 bits per heavy atom. The number of nitrogens with zero attached hydrogens (tertiary/aromatic N) is 2. The van der Waals surface area contributed by atoms with Crippen LogP contribution >= 0.6 is 27.3 Å². The molecule has 2 rings (SSSR count). The van der Waals surface area contributed by atoms with E-state index in [0.717, 1.165) is 20.6 Å². The molecule has 0 aliphatic carbocycles. The second kappa shape index (κ2) is 10.3. The number of amides is 2. The fraction of sp³-hybridized carbons (Fsp3) is 0.389. The smallest absolute Gasteiger partial charge is 0.306 e. The highest BCUT2D eigenvalue weighted by Gasteiger charge is 2.12. The predicted octanol–water partition coefficient (Wildman–Crippen LogP) is 3.52. The molecule has 2 aromatic rings. The average molecular weight is 469 g/mol. The Labute approximate surface area is 175 Å². The average Bonchev–Trinajstić information content (AvgIpc) is 3.02. The van der Waals surface area contributed by atoms with Gasteiger partial charge in [0.05, 0.1) is 0 Å². The van der Waals surface area contributed by atoms with E-state index in [1.54, 1.807) is 6.92 Å². The van der Waals surface area contributed by atoms with Gasteiger partial charge in [-0.2, -0.15) is 0 Å². The molecule has 8 nitrogen and oxygen atoms in total. The molecule has 0 aliphatic rings. The Balaban J connectivity index is 1.67. The van der Waals surface area contributed by atoms with E-state index in [4.69, 9.17) is 4.74 Å². The molecule has 1 heterocycles. The monoisotopic (exact) mass is 468 g/mol. The van der Waals surface area contributed by atoms with Gasteiger partial charge in [-0.25, -0.2) is 0 Å². The number of benzene rings is 1. The number of aryl methyl sites for hydroxylation is 3. The van der Waals surface area contributed by atoms with Crippen LogP contribution in [0, 0.1) is 20.8 Å². The molecule has 10 heteroatoms. The zero-order valence-electron chi connectivity index (χ0n) is 15.8. The van der Waals surface area contributed by atoms with Crippen LogP contribution in [-0.2, 0) is 19.1 Å². The van der Waals surface area contributed by atoms with Crippen molar-refractivity contribution in [2.24, 2.45) is 0 Å². The summed E-state index contributed by atoms with van der Waals surface area (Å²) in [5, 5.41) is 14.1. The zero-order chi connectivity index (χ0) is 20.7. The summed E-state index contributed by atoms with van der Waals surface area (Å²) in [5.41, 5.74) is 2.55. The van der Waals surface area contributed by atoms with Gasteiger partial charge < -0.3 is 15.4 Å². The van der Waals surface area contributed by atoms with Crippen LogP contribution < -0.4 is 10.6 Å². The number of carbonyl (C=O) groups excluding carboxylic acids is 3. The number of hydrogen-bond acceptors (Lipinski definition) is 7. The van der Waals surface area contributed by atoms with E-state index in [2.05, 4.69) is 36.8 Å². The number of ether oxygens (including phenoxy) is 1. The lowest BCUT2D eigenvalue weighted by atomic mass is 10.1. The molecule has 0 atom stereocenters. The lowest BCUT2D eigenvalue weighted by Crippen LogP contribution is -2.21. The molecule has 28 heavy (non-hydrogen) atoms. The number of hydrogen-bond donors (Lipinski definition) is 2. The summed E-state index contributed by atoms with van der Waals surface area (Å²) in [4.78, 5) is 35.5. The number of halogens is 1.